The Morgan fingerprint density at radius 2 is 1.62 bits per heavy atom. The summed E-state index contributed by atoms with van der Waals surface area (Å²) in [7, 11) is -2.67. The number of nitrogens with zero attached hydrogens (tertiary/aromatic N) is 1. The Morgan fingerprint density at radius 3 is 2.38 bits per heavy atom. The van der Waals surface area contributed by atoms with Gasteiger partial charge in [0.1, 0.15) is 10.6 Å². The molecule has 4 aromatic carbocycles. The first-order valence-electron chi connectivity index (χ1n) is 12.1. The monoisotopic (exact) mass is 544 g/mol. The minimum Gasteiger partial charge on any atom is -0.493 e. The summed E-state index contributed by atoms with van der Waals surface area (Å²) in [5, 5.41) is 3.96. The zero-order valence-corrected chi connectivity index (χ0v) is 22.6. The number of hydrogen-bond acceptors (Lipinski definition) is 7. The van der Waals surface area contributed by atoms with Gasteiger partial charge in [0.15, 0.2) is 18.1 Å². The molecule has 0 aliphatic carbocycles. The van der Waals surface area contributed by atoms with Crippen molar-refractivity contribution >= 4 is 22.2 Å². The number of nitrogens with one attached hydrogen (secondary N) is 1. The summed E-state index contributed by atoms with van der Waals surface area (Å²) in [4.78, 5) is 12.4. The number of aryl methyl sites for hydroxylation is 2. The number of carbonyl (C=O) groups excluding carboxylic acids is 1. The molecular weight excluding hydrogens is 516 g/mol. The van der Waals surface area contributed by atoms with Crippen LogP contribution < -0.4 is 19.1 Å². The van der Waals surface area contributed by atoms with Gasteiger partial charge in [0, 0.05) is 5.56 Å². The van der Waals surface area contributed by atoms with Crippen molar-refractivity contribution < 1.29 is 26.9 Å². The van der Waals surface area contributed by atoms with E-state index in [2.05, 4.69) is 10.5 Å². The third kappa shape index (κ3) is 7.03. The second kappa shape index (κ2) is 12.3. The average molecular weight is 545 g/mol. The lowest BCUT2D eigenvalue weighted by Crippen LogP contribution is -2.24. The van der Waals surface area contributed by atoms with Gasteiger partial charge in [-0.05, 0) is 66.4 Å². The predicted molar refractivity (Wildman–Crippen MR) is 150 cm³/mol. The number of benzene rings is 4. The maximum Gasteiger partial charge on any atom is 0.339 e. The fraction of sp³-hybridized carbons (Fsp3) is 0.133. The summed E-state index contributed by atoms with van der Waals surface area (Å²) >= 11 is 0. The van der Waals surface area contributed by atoms with Crippen LogP contribution in [0.1, 0.15) is 16.7 Å². The van der Waals surface area contributed by atoms with Crippen molar-refractivity contribution in [2.45, 2.75) is 18.7 Å². The Balaban J connectivity index is 1.38. The van der Waals surface area contributed by atoms with E-state index >= 15 is 0 Å². The van der Waals surface area contributed by atoms with Gasteiger partial charge in [-0.3, -0.25) is 4.79 Å². The van der Waals surface area contributed by atoms with Crippen LogP contribution in [0.3, 0.4) is 0 Å². The Morgan fingerprint density at radius 1 is 0.872 bits per heavy atom. The first-order chi connectivity index (χ1) is 18.8. The highest BCUT2D eigenvalue weighted by atomic mass is 32.2. The van der Waals surface area contributed by atoms with Crippen molar-refractivity contribution in [3.8, 4) is 28.4 Å². The number of hydrogen-bond donors (Lipinski definition) is 1. The van der Waals surface area contributed by atoms with Crippen LogP contribution in [-0.2, 0) is 14.9 Å². The molecule has 0 aliphatic heterocycles. The minimum absolute atomic E-state index is 0.0325. The van der Waals surface area contributed by atoms with Gasteiger partial charge >= 0.3 is 10.1 Å². The molecule has 4 aromatic rings. The van der Waals surface area contributed by atoms with E-state index in [1.54, 1.807) is 37.3 Å². The molecule has 0 radical (unpaired) electrons. The van der Waals surface area contributed by atoms with Crippen molar-refractivity contribution in [1.82, 2.24) is 5.43 Å². The quantitative estimate of drug-likeness (QED) is 0.166. The maximum atomic E-state index is 12.9. The van der Waals surface area contributed by atoms with Crippen molar-refractivity contribution in [2.75, 3.05) is 13.7 Å². The van der Waals surface area contributed by atoms with Crippen LogP contribution in [0.4, 0.5) is 0 Å². The highest BCUT2D eigenvalue weighted by Crippen LogP contribution is 2.32. The van der Waals surface area contributed by atoms with Gasteiger partial charge in [-0.1, -0.05) is 60.7 Å². The van der Waals surface area contributed by atoms with E-state index in [0.717, 1.165) is 16.7 Å². The van der Waals surface area contributed by atoms with Crippen molar-refractivity contribution in [3.63, 3.8) is 0 Å². The molecule has 0 saturated carbocycles. The standard InChI is InChI=1S/C30H28N2O6S/c1-21-13-14-22(2)29(17-21)39(34,35)38-27-16-15-23(18-28(27)36-3)19-31-32-30(33)20-37-26-12-8-7-11-25(26)24-9-5-4-6-10-24/h4-19H,20H2,1-3H3,(H,32,33). The Bertz CT molecular complexity index is 1600. The fourth-order valence-electron chi connectivity index (χ4n) is 3.78. The number of para-hydroxylation sites is 1. The highest BCUT2D eigenvalue weighted by molar-refractivity contribution is 7.87. The molecule has 0 fully saturated rings. The van der Waals surface area contributed by atoms with Crippen LogP contribution >= 0.6 is 0 Å². The summed E-state index contributed by atoms with van der Waals surface area (Å²) < 4.78 is 42.2. The first kappa shape index (κ1) is 27.4. The molecule has 0 saturated heterocycles. The Labute approximate surface area is 228 Å². The third-order valence-electron chi connectivity index (χ3n) is 5.73. The molecule has 0 aliphatic rings. The smallest absolute Gasteiger partial charge is 0.339 e. The summed E-state index contributed by atoms with van der Waals surface area (Å²) in [6, 6.07) is 26.9. The van der Waals surface area contributed by atoms with Gasteiger partial charge in [-0.25, -0.2) is 5.43 Å². The van der Waals surface area contributed by atoms with Crippen LogP contribution in [0.5, 0.6) is 17.2 Å². The van der Waals surface area contributed by atoms with Gasteiger partial charge < -0.3 is 13.7 Å². The Kier molecular flexibility index (Phi) is 8.63. The lowest BCUT2D eigenvalue weighted by Gasteiger charge is -2.13. The fourth-order valence-corrected chi connectivity index (χ4v) is 5.03. The average Bonchev–Trinajstić information content (AvgIpc) is 2.94. The van der Waals surface area contributed by atoms with E-state index in [9.17, 15) is 13.2 Å². The summed E-state index contributed by atoms with van der Waals surface area (Å²) in [6.45, 7) is 3.28. The molecule has 8 nitrogen and oxygen atoms in total. The molecule has 1 amide bonds. The second-order valence-electron chi connectivity index (χ2n) is 8.66. The molecule has 0 atom stereocenters. The number of hydrazone groups is 1. The van der Waals surface area contributed by atoms with E-state index in [4.69, 9.17) is 13.7 Å². The molecule has 0 heterocycles. The third-order valence-corrected chi connectivity index (χ3v) is 7.11. The largest absolute Gasteiger partial charge is 0.493 e. The SMILES string of the molecule is COc1cc(C=NNC(=O)COc2ccccc2-c2ccccc2)ccc1OS(=O)(=O)c1cc(C)ccc1C. The van der Waals surface area contributed by atoms with Crippen LogP contribution in [0, 0.1) is 13.8 Å². The van der Waals surface area contributed by atoms with Gasteiger partial charge in [0.05, 0.1) is 13.3 Å². The number of carbonyl (C=O) groups is 1. The molecule has 39 heavy (non-hydrogen) atoms. The lowest BCUT2D eigenvalue weighted by molar-refractivity contribution is -0.123. The van der Waals surface area contributed by atoms with E-state index in [-0.39, 0.29) is 23.0 Å². The molecule has 0 spiro atoms. The molecule has 0 bridgehead atoms. The van der Waals surface area contributed by atoms with Crippen LogP contribution in [-0.4, -0.2) is 34.3 Å². The van der Waals surface area contributed by atoms with Gasteiger partial charge in [0.25, 0.3) is 5.91 Å². The molecule has 0 aromatic heterocycles. The molecule has 0 unspecified atom stereocenters. The Hall–Kier alpha value is -4.63. The normalized spacial score (nSPS) is 11.3. The molecule has 9 heteroatoms. The van der Waals surface area contributed by atoms with Gasteiger partial charge in [-0.15, -0.1) is 0 Å². The summed E-state index contributed by atoms with van der Waals surface area (Å²) in [5.41, 5.74) is 6.21. The zero-order valence-electron chi connectivity index (χ0n) is 21.7. The lowest BCUT2D eigenvalue weighted by atomic mass is 10.1. The van der Waals surface area contributed by atoms with Crippen molar-refractivity contribution in [2.24, 2.45) is 5.10 Å². The van der Waals surface area contributed by atoms with Crippen molar-refractivity contribution in [1.29, 1.82) is 0 Å². The van der Waals surface area contributed by atoms with E-state index < -0.39 is 16.0 Å². The van der Waals surface area contributed by atoms with E-state index in [1.165, 1.54) is 19.4 Å². The number of rotatable bonds is 10. The molecular formula is C30H28N2O6S. The number of methoxy groups -OCH3 is 1. The number of amides is 1. The van der Waals surface area contributed by atoms with Crippen LogP contribution in [0.2, 0.25) is 0 Å². The van der Waals surface area contributed by atoms with Gasteiger partial charge in [0.2, 0.25) is 0 Å². The summed E-state index contributed by atoms with van der Waals surface area (Å²) in [5.74, 6) is 0.365. The zero-order chi connectivity index (χ0) is 27.8. The molecule has 4 rings (SSSR count). The second-order valence-corrected chi connectivity index (χ2v) is 10.2. The molecule has 1 N–H and O–H groups in total. The maximum absolute atomic E-state index is 12.9. The molecule has 200 valence electrons. The minimum atomic E-state index is -4.07. The predicted octanol–water partition coefficient (Wildman–Crippen LogP) is 5.28. The van der Waals surface area contributed by atoms with Crippen LogP contribution in [0.25, 0.3) is 11.1 Å². The van der Waals surface area contributed by atoms with E-state index in [0.29, 0.717) is 16.9 Å². The van der Waals surface area contributed by atoms with Crippen molar-refractivity contribution in [3.05, 3.63) is 108 Å². The topological polar surface area (TPSA) is 103 Å². The van der Waals surface area contributed by atoms with E-state index in [1.807, 2.05) is 61.5 Å². The number of ether oxygens (including phenoxy) is 2. The van der Waals surface area contributed by atoms with Gasteiger partial charge in [-0.2, -0.15) is 13.5 Å². The first-order valence-corrected chi connectivity index (χ1v) is 13.5. The van der Waals surface area contributed by atoms with Crippen LogP contribution in [0.15, 0.2) is 101 Å². The summed E-state index contributed by atoms with van der Waals surface area (Å²) in [6.07, 6.45) is 1.40. The highest BCUT2D eigenvalue weighted by Gasteiger charge is 2.21.